The Morgan fingerprint density at radius 3 is 2.30 bits per heavy atom. The molecular weight excluding hydrogens is 124 g/mol. The smallest absolute Gasteiger partial charge is 0.122 e. The number of rotatable bonds is 3. The average molecular weight is 138 g/mol. The molecule has 0 atom stereocenters. The Kier molecular flexibility index (Phi) is 3.47. The Morgan fingerprint density at radius 1 is 1.70 bits per heavy atom. The SMILES string of the molecule is C=C(C)/C(=C/CC)C(=N)N. The maximum Gasteiger partial charge on any atom is 0.122 e. The number of hydrogen-bond donors (Lipinski definition) is 2. The number of nitrogens with two attached hydrogens (primary N) is 1. The highest BCUT2D eigenvalue weighted by Gasteiger charge is 1.98. The van der Waals surface area contributed by atoms with E-state index in [0.29, 0.717) is 0 Å². The molecule has 3 N–H and O–H groups in total. The van der Waals surface area contributed by atoms with Crippen molar-refractivity contribution >= 4 is 5.84 Å². The van der Waals surface area contributed by atoms with E-state index in [-0.39, 0.29) is 5.84 Å². The summed E-state index contributed by atoms with van der Waals surface area (Å²) in [5.41, 5.74) is 6.90. The molecule has 0 saturated heterocycles. The second-order valence-electron chi connectivity index (χ2n) is 2.22. The Labute approximate surface area is 61.9 Å². The van der Waals surface area contributed by atoms with Crippen molar-refractivity contribution in [2.75, 3.05) is 0 Å². The lowest BCUT2D eigenvalue weighted by atomic mass is 10.1. The van der Waals surface area contributed by atoms with E-state index in [2.05, 4.69) is 6.58 Å². The zero-order valence-corrected chi connectivity index (χ0v) is 6.57. The summed E-state index contributed by atoms with van der Waals surface area (Å²) in [6, 6.07) is 0. The summed E-state index contributed by atoms with van der Waals surface area (Å²) in [5.74, 6) is 0.106. The third kappa shape index (κ3) is 2.49. The molecule has 0 aromatic rings. The van der Waals surface area contributed by atoms with Crippen LogP contribution in [0.2, 0.25) is 0 Å². The summed E-state index contributed by atoms with van der Waals surface area (Å²) in [7, 11) is 0. The minimum atomic E-state index is 0.106. The van der Waals surface area contributed by atoms with E-state index in [4.69, 9.17) is 11.1 Å². The summed E-state index contributed by atoms with van der Waals surface area (Å²) in [4.78, 5) is 0. The molecule has 0 aromatic heterocycles. The normalized spacial score (nSPS) is 11.2. The Balaban J connectivity index is 4.42. The molecule has 0 aromatic carbocycles. The van der Waals surface area contributed by atoms with Gasteiger partial charge in [0, 0.05) is 5.57 Å². The molecular formula is C8H14N2. The van der Waals surface area contributed by atoms with Crippen molar-refractivity contribution < 1.29 is 0 Å². The quantitative estimate of drug-likeness (QED) is 0.349. The minimum absolute atomic E-state index is 0.106. The molecule has 0 amide bonds. The highest BCUT2D eigenvalue weighted by molar-refractivity contribution is 5.98. The Bertz CT molecular complexity index is 162. The van der Waals surface area contributed by atoms with E-state index in [1.165, 1.54) is 0 Å². The second kappa shape index (κ2) is 3.88. The van der Waals surface area contributed by atoms with Gasteiger partial charge in [-0.15, -0.1) is 0 Å². The molecule has 2 nitrogen and oxygen atoms in total. The van der Waals surface area contributed by atoms with E-state index < -0.39 is 0 Å². The number of allylic oxidation sites excluding steroid dienone is 1. The van der Waals surface area contributed by atoms with Crippen molar-refractivity contribution in [3.8, 4) is 0 Å². The molecule has 56 valence electrons. The molecule has 0 aliphatic heterocycles. The molecule has 0 fully saturated rings. The van der Waals surface area contributed by atoms with Gasteiger partial charge in [0.05, 0.1) is 0 Å². The van der Waals surface area contributed by atoms with Gasteiger partial charge in [0.25, 0.3) is 0 Å². The van der Waals surface area contributed by atoms with Gasteiger partial charge in [0.1, 0.15) is 5.84 Å². The molecule has 0 aliphatic rings. The molecule has 0 saturated carbocycles. The lowest BCUT2D eigenvalue weighted by Crippen LogP contribution is -2.13. The van der Waals surface area contributed by atoms with Gasteiger partial charge in [-0.1, -0.05) is 19.6 Å². The predicted octanol–water partition coefficient (Wildman–Crippen LogP) is 1.83. The highest BCUT2D eigenvalue weighted by Crippen LogP contribution is 2.06. The first-order valence-electron chi connectivity index (χ1n) is 3.30. The third-order valence-electron chi connectivity index (χ3n) is 1.16. The Hall–Kier alpha value is -1.05. The van der Waals surface area contributed by atoms with Crippen molar-refractivity contribution in [2.24, 2.45) is 5.73 Å². The largest absolute Gasteiger partial charge is 0.384 e. The van der Waals surface area contributed by atoms with Crippen LogP contribution in [0.3, 0.4) is 0 Å². The zero-order valence-electron chi connectivity index (χ0n) is 6.57. The van der Waals surface area contributed by atoms with Crippen LogP contribution in [0.25, 0.3) is 0 Å². The van der Waals surface area contributed by atoms with Crippen molar-refractivity contribution in [1.29, 1.82) is 5.41 Å². The number of hydrogen-bond acceptors (Lipinski definition) is 1. The number of nitrogens with one attached hydrogen (secondary N) is 1. The van der Waals surface area contributed by atoms with Crippen LogP contribution in [-0.4, -0.2) is 5.84 Å². The van der Waals surface area contributed by atoms with Gasteiger partial charge in [0.15, 0.2) is 0 Å². The van der Waals surface area contributed by atoms with Gasteiger partial charge >= 0.3 is 0 Å². The summed E-state index contributed by atoms with van der Waals surface area (Å²) in [5, 5.41) is 7.13. The van der Waals surface area contributed by atoms with E-state index >= 15 is 0 Å². The van der Waals surface area contributed by atoms with Crippen molar-refractivity contribution in [3.05, 3.63) is 23.8 Å². The molecule has 0 aliphatic carbocycles. The molecule has 2 heteroatoms. The van der Waals surface area contributed by atoms with E-state index in [1.807, 2.05) is 19.9 Å². The van der Waals surface area contributed by atoms with Gasteiger partial charge in [-0.25, -0.2) is 0 Å². The fourth-order valence-corrected chi connectivity index (χ4v) is 0.718. The fourth-order valence-electron chi connectivity index (χ4n) is 0.718. The lowest BCUT2D eigenvalue weighted by Gasteiger charge is -2.02. The van der Waals surface area contributed by atoms with Crippen LogP contribution in [0.15, 0.2) is 23.8 Å². The second-order valence-corrected chi connectivity index (χ2v) is 2.22. The molecule has 10 heavy (non-hydrogen) atoms. The summed E-state index contributed by atoms with van der Waals surface area (Å²) in [6.45, 7) is 7.56. The van der Waals surface area contributed by atoms with Crippen LogP contribution in [0.1, 0.15) is 20.3 Å². The summed E-state index contributed by atoms with van der Waals surface area (Å²) >= 11 is 0. The fraction of sp³-hybridized carbons (Fsp3) is 0.375. The van der Waals surface area contributed by atoms with Gasteiger partial charge in [-0.05, 0) is 18.9 Å². The van der Waals surface area contributed by atoms with Gasteiger partial charge in [-0.2, -0.15) is 0 Å². The topological polar surface area (TPSA) is 49.9 Å². The van der Waals surface area contributed by atoms with Crippen LogP contribution in [0, 0.1) is 5.41 Å². The standard InChI is InChI=1S/C8H14N2/c1-4-5-7(6(2)3)8(9)10/h5H,2,4H2,1,3H3,(H3,9,10)/b7-5-. The van der Waals surface area contributed by atoms with Gasteiger partial charge in [0.2, 0.25) is 0 Å². The molecule has 0 bridgehead atoms. The highest BCUT2D eigenvalue weighted by atomic mass is 14.7. The molecule has 0 unspecified atom stereocenters. The molecule has 0 spiro atoms. The first-order chi connectivity index (χ1) is 4.59. The molecule has 0 rings (SSSR count). The Morgan fingerprint density at radius 2 is 2.20 bits per heavy atom. The monoisotopic (exact) mass is 138 g/mol. The average Bonchev–Trinajstić information content (AvgIpc) is 1.81. The first kappa shape index (κ1) is 8.95. The number of amidine groups is 1. The lowest BCUT2D eigenvalue weighted by molar-refractivity contribution is 1.20. The van der Waals surface area contributed by atoms with Crippen LogP contribution < -0.4 is 5.73 Å². The summed E-state index contributed by atoms with van der Waals surface area (Å²) < 4.78 is 0. The molecule has 0 radical (unpaired) electrons. The van der Waals surface area contributed by atoms with Crippen molar-refractivity contribution in [2.45, 2.75) is 20.3 Å². The van der Waals surface area contributed by atoms with Gasteiger partial charge < -0.3 is 5.73 Å². The third-order valence-corrected chi connectivity index (χ3v) is 1.16. The van der Waals surface area contributed by atoms with Crippen molar-refractivity contribution in [3.63, 3.8) is 0 Å². The maximum atomic E-state index is 7.13. The van der Waals surface area contributed by atoms with Crippen LogP contribution >= 0.6 is 0 Å². The van der Waals surface area contributed by atoms with Crippen LogP contribution in [0.5, 0.6) is 0 Å². The molecule has 0 heterocycles. The summed E-state index contributed by atoms with van der Waals surface area (Å²) in [6.07, 6.45) is 2.80. The minimum Gasteiger partial charge on any atom is -0.384 e. The van der Waals surface area contributed by atoms with Gasteiger partial charge in [-0.3, -0.25) is 5.41 Å². The predicted molar refractivity (Wildman–Crippen MR) is 45.1 cm³/mol. The van der Waals surface area contributed by atoms with Crippen molar-refractivity contribution in [1.82, 2.24) is 0 Å². The van der Waals surface area contributed by atoms with E-state index in [9.17, 15) is 0 Å². The zero-order chi connectivity index (χ0) is 8.15. The van der Waals surface area contributed by atoms with E-state index in [0.717, 1.165) is 17.6 Å². The van der Waals surface area contributed by atoms with Crippen LogP contribution in [-0.2, 0) is 0 Å². The first-order valence-corrected chi connectivity index (χ1v) is 3.30. The maximum absolute atomic E-state index is 7.13. The van der Waals surface area contributed by atoms with Crippen LogP contribution in [0.4, 0.5) is 0 Å². The van der Waals surface area contributed by atoms with E-state index in [1.54, 1.807) is 0 Å².